The molecule has 0 bridgehead atoms. The van der Waals surface area contributed by atoms with Crippen molar-refractivity contribution in [1.29, 1.82) is 0 Å². The first kappa shape index (κ1) is 13.4. The van der Waals surface area contributed by atoms with Gasteiger partial charge in [-0.3, -0.25) is 4.79 Å². The van der Waals surface area contributed by atoms with Gasteiger partial charge in [-0.1, -0.05) is 18.5 Å². The fraction of sp³-hybridized carbons (Fsp3) is 0.667. The van der Waals surface area contributed by atoms with Crippen LogP contribution in [0.4, 0.5) is 5.69 Å². The minimum absolute atomic E-state index is 0.191. The molecule has 1 aromatic rings. The third-order valence-corrected chi connectivity index (χ3v) is 3.91. The Hall–Kier alpha value is -1.07. The first-order valence-corrected chi connectivity index (χ1v) is 6.78. The van der Waals surface area contributed by atoms with E-state index in [2.05, 4.69) is 27.3 Å². The third-order valence-electron chi connectivity index (χ3n) is 3.53. The van der Waals surface area contributed by atoms with Gasteiger partial charge in [-0.2, -0.15) is 5.10 Å². The summed E-state index contributed by atoms with van der Waals surface area (Å²) in [6, 6.07) is 0. The van der Waals surface area contributed by atoms with Crippen molar-refractivity contribution in [1.82, 2.24) is 15.1 Å². The molecule has 0 amide bonds. The van der Waals surface area contributed by atoms with Crippen LogP contribution in [-0.2, 0) is 0 Å². The van der Waals surface area contributed by atoms with Crippen molar-refractivity contribution in [3.05, 3.63) is 21.6 Å². The molecule has 100 valence electrons. The number of rotatable bonds is 4. The van der Waals surface area contributed by atoms with Crippen molar-refractivity contribution in [2.75, 3.05) is 31.5 Å². The second-order valence-electron chi connectivity index (χ2n) is 4.69. The number of nitrogens with one attached hydrogen (secondary N) is 2. The molecule has 0 unspecified atom stereocenters. The Labute approximate surface area is 112 Å². The van der Waals surface area contributed by atoms with Crippen LogP contribution in [-0.4, -0.2) is 41.3 Å². The predicted octanol–water partition coefficient (Wildman–Crippen LogP) is 1.57. The first-order chi connectivity index (χ1) is 8.70. The van der Waals surface area contributed by atoms with Crippen molar-refractivity contribution in [2.24, 2.45) is 5.92 Å². The molecule has 0 atom stereocenters. The lowest BCUT2D eigenvalue weighted by Crippen LogP contribution is -2.35. The number of hydrogen-bond donors (Lipinski definition) is 2. The zero-order valence-electron chi connectivity index (χ0n) is 10.6. The van der Waals surface area contributed by atoms with Crippen molar-refractivity contribution in [2.45, 2.75) is 19.8 Å². The molecule has 0 radical (unpaired) electrons. The Morgan fingerprint density at radius 1 is 1.56 bits per heavy atom. The SMILES string of the molecule is CCN1CCC(CNc2cn[nH]c(=O)c2Cl)CC1. The highest BCUT2D eigenvalue weighted by Gasteiger charge is 2.18. The number of H-pyrrole nitrogens is 1. The van der Waals surface area contributed by atoms with Crippen molar-refractivity contribution < 1.29 is 0 Å². The Kier molecular flexibility index (Phi) is 4.60. The summed E-state index contributed by atoms with van der Waals surface area (Å²) in [6.07, 6.45) is 3.94. The molecular weight excluding hydrogens is 252 g/mol. The monoisotopic (exact) mass is 270 g/mol. The van der Waals surface area contributed by atoms with E-state index in [4.69, 9.17) is 11.6 Å². The lowest BCUT2D eigenvalue weighted by Gasteiger charge is -2.31. The quantitative estimate of drug-likeness (QED) is 0.872. The summed E-state index contributed by atoms with van der Waals surface area (Å²) >= 11 is 5.90. The van der Waals surface area contributed by atoms with Crippen LogP contribution in [0.15, 0.2) is 11.0 Å². The van der Waals surface area contributed by atoms with E-state index in [1.807, 2.05) is 0 Å². The maximum absolute atomic E-state index is 11.3. The second-order valence-corrected chi connectivity index (χ2v) is 5.06. The predicted molar refractivity (Wildman–Crippen MR) is 73.2 cm³/mol. The molecule has 6 heteroatoms. The number of likely N-dealkylation sites (tertiary alicyclic amines) is 1. The van der Waals surface area contributed by atoms with Crippen LogP contribution >= 0.6 is 11.6 Å². The van der Waals surface area contributed by atoms with E-state index in [0.29, 0.717) is 11.6 Å². The number of hydrogen-bond acceptors (Lipinski definition) is 4. The van der Waals surface area contributed by atoms with Crippen LogP contribution in [0.3, 0.4) is 0 Å². The molecule has 5 nitrogen and oxygen atoms in total. The van der Waals surface area contributed by atoms with E-state index >= 15 is 0 Å². The van der Waals surface area contributed by atoms with Gasteiger partial charge in [0.15, 0.2) is 0 Å². The molecule has 0 aromatic carbocycles. The maximum atomic E-state index is 11.3. The van der Waals surface area contributed by atoms with Crippen LogP contribution in [0.25, 0.3) is 0 Å². The van der Waals surface area contributed by atoms with Gasteiger partial charge < -0.3 is 10.2 Å². The third kappa shape index (κ3) is 3.23. The second kappa shape index (κ2) is 6.20. The fourth-order valence-electron chi connectivity index (χ4n) is 2.27. The van der Waals surface area contributed by atoms with E-state index in [1.165, 1.54) is 12.8 Å². The van der Waals surface area contributed by atoms with Gasteiger partial charge in [0.05, 0.1) is 11.9 Å². The van der Waals surface area contributed by atoms with Crippen molar-refractivity contribution in [3.8, 4) is 0 Å². The Morgan fingerprint density at radius 2 is 2.28 bits per heavy atom. The van der Waals surface area contributed by atoms with Gasteiger partial charge in [-0.25, -0.2) is 5.10 Å². The molecule has 1 saturated heterocycles. The van der Waals surface area contributed by atoms with Crippen LogP contribution in [0.5, 0.6) is 0 Å². The number of anilines is 1. The largest absolute Gasteiger partial charge is 0.382 e. The van der Waals surface area contributed by atoms with E-state index in [1.54, 1.807) is 6.20 Å². The van der Waals surface area contributed by atoms with E-state index in [0.717, 1.165) is 26.2 Å². The van der Waals surface area contributed by atoms with Crippen molar-refractivity contribution in [3.63, 3.8) is 0 Å². The average molecular weight is 271 g/mol. The van der Waals surface area contributed by atoms with E-state index in [9.17, 15) is 4.79 Å². The standard InChI is InChI=1S/C12H19ClN4O/c1-2-17-5-3-9(4-6-17)7-14-10-8-15-16-12(18)11(10)13/h8-9H,2-7H2,1H3,(H2,14,16,18). The van der Waals surface area contributed by atoms with Gasteiger partial charge in [0.1, 0.15) is 5.02 Å². The molecule has 1 fully saturated rings. The van der Waals surface area contributed by atoms with Crippen LogP contribution in [0.2, 0.25) is 5.02 Å². The van der Waals surface area contributed by atoms with Crippen LogP contribution < -0.4 is 10.9 Å². The molecule has 2 heterocycles. The van der Waals surface area contributed by atoms with E-state index in [-0.39, 0.29) is 10.6 Å². The van der Waals surface area contributed by atoms with E-state index < -0.39 is 0 Å². The highest BCUT2D eigenvalue weighted by Crippen LogP contribution is 2.19. The Balaban J connectivity index is 1.85. The number of nitrogens with zero attached hydrogens (tertiary/aromatic N) is 2. The van der Waals surface area contributed by atoms with Crippen LogP contribution in [0, 0.1) is 5.92 Å². The molecule has 0 spiro atoms. The van der Waals surface area contributed by atoms with Gasteiger partial charge >= 0.3 is 0 Å². The molecule has 18 heavy (non-hydrogen) atoms. The number of aromatic nitrogens is 2. The molecule has 0 saturated carbocycles. The zero-order chi connectivity index (χ0) is 13.0. The van der Waals surface area contributed by atoms with Gasteiger partial charge in [-0.15, -0.1) is 0 Å². The lowest BCUT2D eigenvalue weighted by molar-refractivity contribution is 0.198. The lowest BCUT2D eigenvalue weighted by atomic mass is 9.97. The average Bonchev–Trinajstić information content (AvgIpc) is 2.41. The number of aromatic amines is 1. The highest BCUT2D eigenvalue weighted by atomic mass is 35.5. The Bertz CT molecular complexity index is 440. The van der Waals surface area contributed by atoms with Gasteiger partial charge in [0.25, 0.3) is 5.56 Å². The summed E-state index contributed by atoms with van der Waals surface area (Å²) < 4.78 is 0. The first-order valence-electron chi connectivity index (χ1n) is 6.40. The summed E-state index contributed by atoms with van der Waals surface area (Å²) in [7, 11) is 0. The molecule has 1 aliphatic rings. The normalized spacial score (nSPS) is 17.9. The zero-order valence-corrected chi connectivity index (χ0v) is 11.3. The summed E-state index contributed by atoms with van der Waals surface area (Å²) in [6.45, 7) is 6.49. The van der Waals surface area contributed by atoms with Crippen LogP contribution in [0.1, 0.15) is 19.8 Å². The van der Waals surface area contributed by atoms with Crippen molar-refractivity contribution >= 4 is 17.3 Å². The molecule has 0 aliphatic carbocycles. The van der Waals surface area contributed by atoms with Gasteiger partial charge in [-0.05, 0) is 38.4 Å². The summed E-state index contributed by atoms with van der Waals surface area (Å²) in [5.41, 5.74) is 0.279. The molecule has 2 rings (SSSR count). The van der Waals surface area contributed by atoms with Gasteiger partial charge in [0.2, 0.25) is 0 Å². The molecule has 2 N–H and O–H groups in total. The minimum atomic E-state index is -0.345. The topological polar surface area (TPSA) is 61.0 Å². The highest BCUT2D eigenvalue weighted by molar-refractivity contribution is 6.32. The fourth-order valence-corrected chi connectivity index (χ4v) is 2.43. The summed E-state index contributed by atoms with van der Waals surface area (Å²) in [5.74, 6) is 0.642. The Morgan fingerprint density at radius 3 is 2.94 bits per heavy atom. The molecule has 1 aromatic heterocycles. The molecular formula is C12H19ClN4O. The van der Waals surface area contributed by atoms with Gasteiger partial charge in [0, 0.05) is 6.54 Å². The summed E-state index contributed by atoms with van der Waals surface area (Å²) in [5, 5.41) is 9.46. The smallest absolute Gasteiger partial charge is 0.285 e. The number of piperidine rings is 1. The maximum Gasteiger partial charge on any atom is 0.285 e. The number of halogens is 1. The molecule has 1 aliphatic heterocycles. The minimum Gasteiger partial charge on any atom is -0.382 e. The summed E-state index contributed by atoms with van der Waals surface area (Å²) in [4.78, 5) is 13.7.